The van der Waals surface area contributed by atoms with Crippen molar-refractivity contribution in [2.24, 2.45) is 5.41 Å². The van der Waals surface area contributed by atoms with Gasteiger partial charge in [0.05, 0.1) is 6.04 Å². The highest BCUT2D eigenvalue weighted by Gasteiger charge is 2.50. The van der Waals surface area contributed by atoms with Gasteiger partial charge in [0.25, 0.3) is 5.91 Å². The fourth-order valence-corrected chi connectivity index (χ4v) is 6.67. The number of nitrogens with one attached hydrogen (secondary N) is 2. The van der Waals surface area contributed by atoms with E-state index in [0.717, 1.165) is 23.3 Å². The Hall–Kier alpha value is -4.38. The summed E-state index contributed by atoms with van der Waals surface area (Å²) in [6.45, 7) is 5.70. The molecule has 5 rings (SSSR count). The number of halogens is 2. The molecule has 4 aromatic rings. The van der Waals surface area contributed by atoms with Gasteiger partial charge < -0.3 is 29.9 Å². The van der Waals surface area contributed by atoms with Gasteiger partial charge in [-0.2, -0.15) is 8.78 Å². The molecule has 10 nitrogen and oxygen atoms in total. The zero-order valence-corrected chi connectivity index (χ0v) is 28.0. The zero-order chi connectivity index (χ0) is 35.0. The first kappa shape index (κ1) is 34.9. The second-order valence-corrected chi connectivity index (χ2v) is 14.9. The molecule has 13 heteroatoms. The van der Waals surface area contributed by atoms with Gasteiger partial charge in [-0.3, -0.25) is 18.9 Å². The Labute approximate surface area is 277 Å². The number of likely N-dealkylation sites (N-methyl/N-ethyl adjacent to an activating group) is 1. The maximum Gasteiger partial charge on any atom is 0.399 e. The number of rotatable bonds is 9. The summed E-state index contributed by atoms with van der Waals surface area (Å²) in [4.78, 5) is 66.1. The molecule has 2 heterocycles. The number of carbonyl (C=O) groups excluding carboxylic acids is 3. The quantitative estimate of drug-likeness (QED) is 0.165. The molecule has 1 aromatic heterocycles. The largest absolute Gasteiger partial charge is 0.399 e. The minimum absolute atomic E-state index is 0.0361. The van der Waals surface area contributed by atoms with Crippen LogP contribution in [-0.2, 0) is 19.8 Å². The molecule has 1 fully saturated rings. The van der Waals surface area contributed by atoms with Crippen LogP contribution >= 0.6 is 7.60 Å². The number of amides is 3. The molecule has 3 amide bonds. The maximum atomic E-state index is 14.3. The van der Waals surface area contributed by atoms with Crippen LogP contribution in [0.3, 0.4) is 0 Å². The van der Waals surface area contributed by atoms with Gasteiger partial charge in [0.1, 0.15) is 17.8 Å². The van der Waals surface area contributed by atoms with Crippen LogP contribution in [0, 0.1) is 5.41 Å². The lowest BCUT2D eigenvalue weighted by Gasteiger charge is -2.37. The molecule has 0 aliphatic carbocycles. The summed E-state index contributed by atoms with van der Waals surface area (Å²) in [5.41, 5.74) is -4.00. The third-order valence-corrected chi connectivity index (χ3v) is 9.74. The fourth-order valence-electron chi connectivity index (χ4n) is 6.19. The van der Waals surface area contributed by atoms with Crippen molar-refractivity contribution in [3.63, 3.8) is 0 Å². The smallest absolute Gasteiger partial charge is 0.351 e. The van der Waals surface area contributed by atoms with Gasteiger partial charge in [0, 0.05) is 30.1 Å². The van der Waals surface area contributed by atoms with E-state index in [1.807, 2.05) is 60.7 Å². The number of H-pyrrole nitrogens is 1. The number of fused-ring (bicyclic) bond motifs is 1. The van der Waals surface area contributed by atoms with Crippen LogP contribution in [0.25, 0.3) is 10.9 Å². The lowest BCUT2D eigenvalue weighted by molar-refractivity contribution is -0.146. The predicted molar refractivity (Wildman–Crippen MR) is 177 cm³/mol. The Bertz CT molecular complexity index is 1820. The van der Waals surface area contributed by atoms with Crippen LogP contribution in [-0.4, -0.2) is 68.0 Å². The number of hydrogen-bond acceptors (Lipinski definition) is 4. The fraction of sp³-hybridized carbons (Fsp3) is 0.343. The first-order valence-corrected chi connectivity index (χ1v) is 17.2. The molecular formula is C35H39F2N4O6P. The molecule has 2 atom stereocenters. The highest BCUT2D eigenvalue weighted by molar-refractivity contribution is 7.52. The monoisotopic (exact) mass is 680 g/mol. The van der Waals surface area contributed by atoms with E-state index in [1.54, 1.807) is 32.7 Å². The second kappa shape index (κ2) is 13.3. The molecule has 254 valence electrons. The van der Waals surface area contributed by atoms with E-state index >= 15 is 0 Å². The Balaban J connectivity index is 1.38. The van der Waals surface area contributed by atoms with Gasteiger partial charge in [0.2, 0.25) is 11.8 Å². The number of aromatic amines is 1. The number of carbonyl (C=O) groups is 3. The van der Waals surface area contributed by atoms with Crippen molar-refractivity contribution in [2.45, 2.75) is 57.4 Å². The summed E-state index contributed by atoms with van der Waals surface area (Å²) < 4.78 is 40.0. The number of likely N-dealkylation sites (tertiary alicyclic amines) is 1. The summed E-state index contributed by atoms with van der Waals surface area (Å²) in [7, 11) is -4.06. The number of benzene rings is 3. The van der Waals surface area contributed by atoms with E-state index in [9.17, 15) is 27.7 Å². The summed E-state index contributed by atoms with van der Waals surface area (Å²) >= 11 is 0. The van der Waals surface area contributed by atoms with Gasteiger partial charge in [0.15, 0.2) is 0 Å². The highest BCUT2D eigenvalue weighted by atomic mass is 31.2. The SMILES string of the molecule is CN(C(=O)C1CCCN1C(=O)C(NC(=O)c1cc2cc(C(F)(F)P(=O)(O)O)ccc2[nH]1)C(C)(C)C)C(c1ccccc1)c1ccccc1. The molecule has 0 bridgehead atoms. The van der Waals surface area contributed by atoms with Crippen molar-refractivity contribution >= 4 is 36.2 Å². The Kier molecular flexibility index (Phi) is 9.65. The third-order valence-electron chi connectivity index (χ3n) is 8.75. The Morgan fingerprint density at radius 1 is 0.958 bits per heavy atom. The average molecular weight is 681 g/mol. The van der Waals surface area contributed by atoms with Crippen LogP contribution in [0.5, 0.6) is 0 Å². The lowest BCUT2D eigenvalue weighted by atomic mass is 9.85. The maximum absolute atomic E-state index is 14.3. The van der Waals surface area contributed by atoms with Crippen molar-refractivity contribution in [3.8, 4) is 0 Å². The molecule has 48 heavy (non-hydrogen) atoms. The summed E-state index contributed by atoms with van der Waals surface area (Å²) in [6.07, 6.45) is 1.06. The minimum atomic E-state index is -5.79. The van der Waals surface area contributed by atoms with Crippen molar-refractivity contribution in [2.75, 3.05) is 13.6 Å². The van der Waals surface area contributed by atoms with E-state index in [2.05, 4.69) is 10.3 Å². The first-order valence-electron chi connectivity index (χ1n) is 15.6. The number of nitrogens with zero attached hydrogens (tertiary/aromatic N) is 2. The van der Waals surface area contributed by atoms with Crippen LogP contribution < -0.4 is 5.32 Å². The molecule has 1 aliphatic rings. The van der Waals surface area contributed by atoms with E-state index < -0.39 is 48.1 Å². The van der Waals surface area contributed by atoms with Gasteiger partial charge >= 0.3 is 13.3 Å². The van der Waals surface area contributed by atoms with E-state index in [0.29, 0.717) is 19.4 Å². The zero-order valence-electron chi connectivity index (χ0n) is 27.1. The Morgan fingerprint density at radius 2 is 1.54 bits per heavy atom. The van der Waals surface area contributed by atoms with Crippen LogP contribution in [0.15, 0.2) is 84.9 Å². The molecule has 3 aromatic carbocycles. The van der Waals surface area contributed by atoms with Crippen molar-refractivity contribution in [1.82, 2.24) is 20.1 Å². The van der Waals surface area contributed by atoms with E-state index in [4.69, 9.17) is 9.79 Å². The third kappa shape index (κ3) is 6.92. The number of aromatic nitrogens is 1. The van der Waals surface area contributed by atoms with Crippen LogP contribution in [0.1, 0.15) is 66.8 Å². The minimum Gasteiger partial charge on any atom is -0.351 e. The molecular weight excluding hydrogens is 641 g/mol. The molecule has 2 unspecified atom stereocenters. The summed E-state index contributed by atoms with van der Waals surface area (Å²) in [6, 6.07) is 21.4. The normalized spacial score (nSPS) is 16.3. The van der Waals surface area contributed by atoms with E-state index in [-0.39, 0.29) is 28.5 Å². The molecule has 0 saturated carbocycles. The van der Waals surface area contributed by atoms with E-state index in [1.165, 1.54) is 17.0 Å². The van der Waals surface area contributed by atoms with Gasteiger partial charge in [-0.05, 0) is 47.6 Å². The Morgan fingerprint density at radius 3 is 2.08 bits per heavy atom. The van der Waals surface area contributed by atoms with Crippen LogP contribution in [0.2, 0.25) is 0 Å². The average Bonchev–Trinajstić information content (AvgIpc) is 3.70. The lowest BCUT2D eigenvalue weighted by Crippen LogP contribution is -2.58. The first-order chi connectivity index (χ1) is 22.5. The van der Waals surface area contributed by atoms with Crippen molar-refractivity contribution < 1.29 is 37.5 Å². The van der Waals surface area contributed by atoms with Gasteiger partial charge in [-0.1, -0.05) is 87.5 Å². The molecule has 1 saturated heterocycles. The molecule has 4 N–H and O–H groups in total. The molecule has 0 spiro atoms. The summed E-state index contributed by atoms with van der Waals surface area (Å²) in [5, 5.41) is 2.91. The standard InChI is InChI=1S/C35H39F2N4O6P/c1-34(2,3)30(39-31(42)27-21-24-20-25(17-18-26(24)38-27)35(36,37)48(45,46)47)33(44)41-19-11-16-28(41)32(43)40(4)29(22-12-7-5-8-13-22)23-14-9-6-10-15-23/h5-10,12-15,17-18,20-21,28-30,38H,11,16,19H2,1-4H3,(H,39,42)(H2,45,46,47). The predicted octanol–water partition coefficient (Wildman–Crippen LogP) is 5.78. The molecule has 1 aliphatic heterocycles. The van der Waals surface area contributed by atoms with Crippen LogP contribution in [0.4, 0.5) is 8.78 Å². The summed E-state index contributed by atoms with van der Waals surface area (Å²) in [5.74, 6) is -1.33. The van der Waals surface area contributed by atoms with Crippen molar-refractivity contribution in [3.05, 3.63) is 107 Å². The highest BCUT2D eigenvalue weighted by Crippen LogP contribution is 2.59. The van der Waals surface area contributed by atoms with Gasteiger partial charge in [-0.15, -0.1) is 0 Å². The van der Waals surface area contributed by atoms with Crippen molar-refractivity contribution in [1.29, 1.82) is 0 Å². The molecule has 0 radical (unpaired) electrons. The number of alkyl halides is 2. The number of hydrogen-bond donors (Lipinski definition) is 4. The van der Waals surface area contributed by atoms with Gasteiger partial charge in [-0.25, -0.2) is 0 Å². The topological polar surface area (TPSA) is 143 Å². The second-order valence-electron chi connectivity index (χ2n) is 13.2.